The van der Waals surface area contributed by atoms with Crippen LogP contribution in [0.4, 0.5) is 11.9 Å². The van der Waals surface area contributed by atoms with Gasteiger partial charge in [0.1, 0.15) is 0 Å². The first-order chi connectivity index (χ1) is 14.8. The number of hydrogen-bond acceptors (Lipinski definition) is 6. The second-order valence-corrected chi connectivity index (χ2v) is 8.23. The molecule has 2 fully saturated rings. The summed E-state index contributed by atoms with van der Waals surface area (Å²) in [7, 11) is 0. The Balaban J connectivity index is 1.33. The Hall–Kier alpha value is -2.70. The molecule has 0 radical (unpaired) electrons. The largest absolute Gasteiger partial charge is 0.351 e. The Labute approximate surface area is 181 Å². The molecule has 7 heteroatoms. The number of hydrogen-bond donors (Lipinski definition) is 1. The fraction of sp³-hybridized carbons (Fsp3) is 0.348. The van der Waals surface area contributed by atoms with Gasteiger partial charge in [0, 0.05) is 32.2 Å². The first kappa shape index (κ1) is 19.3. The van der Waals surface area contributed by atoms with Crippen molar-refractivity contribution < 1.29 is 0 Å². The van der Waals surface area contributed by atoms with E-state index in [9.17, 15) is 0 Å². The molecule has 0 unspecified atom stereocenters. The Morgan fingerprint density at radius 3 is 1.97 bits per heavy atom. The van der Waals surface area contributed by atoms with Gasteiger partial charge in [-0.05, 0) is 35.6 Å². The van der Waals surface area contributed by atoms with Gasteiger partial charge >= 0.3 is 0 Å². The maximum atomic E-state index is 6.17. The van der Waals surface area contributed by atoms with Crippen LogP contribution in [0.25, 0.3) is 0 Å². The molecule has 0 atom stereocenters. The fourth-order valence-corrected chi connectivity index (χ4v) is 4.18. The minimum absolute atomic E-state index is 0.239. The number of anilines is 2. The molecular weight excluding hydrogens is 396 g/mol. The van der Waals surface area contributed by atoms with Crippen LogP contribution in [0.1, 0.15) is 30.0 Å². The number of benzene rings is 2. The summed E-state index contributed by atoms with van der Waals surface area (Å²) in [5, 5.41) is 3.57. The monoisotopic (exact) mass is 420 g/mol. The number of aromatic nitrogens is 3. The highest BCUT2D eigenvalue weighted by molar-refractivity contribution is 6.28. The van der Waals surface area contributed by atoms with Gasteiger partial charge in [-0.15, -0.1) is 0 Å². The van der Waals surface area contributed by atoms with Gasteiger partial charge in [-0.25, -0.2) is 0 Å². The lowest BCUT2D eigenvalue weighted by Gasteiger charge is -2.39. The molecule has 0 bridgehead atoms. The lowest BCUT2D eigenvalue weighted by atomic mass is 9.96. The summed E-state index contributed by atoms with van der Waals surface area (Å²) < 4.78 is 0. The SMILES string of the molecule is Clc1nc(NC2CC2)nc(N2CCN(C(c3ccccc3)c3ccccc3)CC2)n1. The summed E-state index contributed by atoms with van der Waals surface area (Å²) in [6.45, 7) is 3.53. The molecule has 3 aromatic rings. The van der Waals surface area contributed by atoms with Gasteiger partial charge in [-0.2, -0.15) is 15.0 Å². The molecule has 6 nitrogen and oxygen atoms in total. The van der Waals surface area contributed by atoms with Crippen LogP contribution in [0.15, 0.2) is 60.7 Å². The maximum absolute atomic E-state index is 6.17. The second-order valence-electron chi connectivity index (χ2n) is 7.89. The molecule has 2 aliphatic rings. The molecule has 1 saturated heterocycles. The van der Waals surface area contributed by atoms with Crippen molar-refractivity contribution >= 4 is 23.5 Å². The summed E-state index contributed by atoms with van der Waals surface area (Å²) >= 11 is 6.17. The highest BCUT2D eigenvalue weighted by Gasteiger charge is 2.28. The first-order valence-electron chi connectivity index (χ1n) is 10.5. The van der Waals surface area contributed by atoms with Crippen LogP contribution in [0.5, 0.6) is 0 Å². The lowest BCUT2D eigenvalue weighted by Crippen LogP contribution is -2.48. The van der Waals surface area contributed by atoms with Gasteiger partial charge < -0.3 is 10.2 Å². The molecule has 1 aromatic heterocycles. The van der Waals surface area contributed by atoms with E-state index >= 15 is 0 Å². The van der Waals surface area contributed by atoms with Crippen molar-refractivity contribution in [2.75, 3.05) is 36.4 Å². The zero-order chi connectivity index (χ0) is 20.3. The number of halogens is 1. The van der Waals surface area contributed by atoms with Gasteiger partial charge in [-0.3, -0.25) is 4.90 Å². The van der Waals surface area contributed by atoms with Crippen LogP contribution in [0.3, 0.4) is 0 Å². The van der Waals surface area contributed by atoms with E-state index in [0.717, 1.165) is 39.0 Å². The highest BCUT2D eigenvalue weighted by atomic mass is 35.5. The zero-order valence-corrected chi connectivity index (χ0v) is 17.5. The minimum atomic E-state index is 0.239. The summed E-state index contributed by atoms with van der Waals surface area (Å²) in [6.07, 6.45) is 2.33. The van der Waals surface area contributed by atoms with Crippen LogP contribution < -0.4 is 10.2 Å². The van der Waals surface area contributed by atoms with Crippen molar-refractivity contribution in [3.05, 3.63) is 77.1 Å². The quantitative estimate of drug-likeness (QED) is 0.650. The molecule has 30 heavy (non-hydrogen) atoms. The van der Waals surface area contributed by atoms with E-state index in [4.69, 9.17) is 11.6 Å². The Bertz CT molecular complexity index is 932. The van der Waals surface area contributed by atoms with E-state index < -0.39 is 0 Å². The van der Waals surface area contributed by atoms with Crippen molar-refractivity contribution in [1.82, 2.24) is 19.9 Å². The topological polar surface area (TPSA) is 57.2 Å². The number of nitrogens with one attached hydrogen (secondary N) is 1. The first-order valence-corrected chi connectivity index (χ1v) is 10.9. The third-order valence-electron chi connectivity index (χ3n) is 5.70. The van der Waals surface area contributed by atoms with E-state index in [1.807, 2.05) is 0 Å². The molecule has 2 aromatic carbocycles. The van der Waals surface area contributed by atoms with E-state index in [0.29, 0.717) is 17.9 Å². The summed E-state index contributed by atoms with van der Waals surface area (Å²) in [6, 6.07) is 22.2. The standard InChI is InChI=1S/C23H25ClN6/c24-21-26-22(25-19-11-12-19)28-23(27-21)30-15-13-29(14-16-30)20(17-7-3-1-4-8-17)18-9-5-2-6-10-18/h1-10,19-20H,11-16H2,(H,25,26,27,28). The van der Waals surface area contributed by atoms with E-state index in [1.165, 1.54) is 11.1 Å². The van der Waals surface area contributed by atoms with Crippen molar-refractivity contribution in [3.8, 4) is 0 Å². The Kier molecular flexibility index (Phi) is 5.51. The van der Waals surface area contributed by atoms with Crippen LogP contribution in [0, 0.1) is 0 Å². The number of rotatable bonds is 6. The number of nitrogens with zero attached hydrogens (tertiary/aromatic N) is 5. The molecule has 1 N–H and O–H groups in total. The summed E-state index contributed by atoms with van der Waals surface area (Å²) in [5.74, 6) is 1.25. The van der Waals surface area contributed by atoms with Gasteiger partial charge in [0.25, 0.3) is 0 Å². The van der Waals surface area contributed by atoms with Crippen molar-refractivity contribution in [3.63, 3.8) is 0 Å². The molecular formula is C23H25ClN6. The van der Waals surface area contributed by atoms with Gasteiger partial charge in [0.15, 0.2) is 0 Å². The van der Waals surface area contributed by atoms with Gasteiger partial charge in [-0.1, -0.05) is 60.7 Å². The van der Waals surface area contributed by atoms with Crippen LogP contribution in [0.2, 0.25) is 5.28 Å². The van der Waals surface area contributed by atoms with Gasteiger partial charge in [0.2, 0.25) is 17.2 Å². The Morgan fingerprint density at radius 1 is 0.800 bits per heavy atom. The third kappa shape index (κ3) is 4.40. The lowest BCUT2D eigenvalue weighted by molar-refractivity contribution is 0.211. The van der Waals surface area contributed by atoms with Crippen molar-refractivity contribution in [1.29, 1.82) is 0 Å². The normalized spacial score (nSPS) is 17.3. The molecule has 2 heterocycles. The smallest absolute Gasteiger partial charge is 0.231 e. The molecule has 5 rings (SSSR count). The molecule has 1 aliphatic carbocycles. The average Bonchev–Trinajstić information content (AvgIpc) is 3.60. The predicted molar refractivity (Wildman–Crippen MR) is 120 cm³/mol. The maximum Gasteiger partial charge on any atom is 0.231 e. The van der Waals surface area contributed by atoms with Gasteiger partial charge in [0.05, 0.1) is 6.04 Å². The number of piperazine rings is 1. The molecule has 154 valence electrons. The fourth-order valence-electron chi connectivity index (χ4n) is 4.02. The predicted octanol–water partition coefficient (Wildman–Crippen LogP) is 4.01. The summed E-state index contributed by atoms with van der Waals surface area (Å²) in [4.78, 5) is 18.0. The average molecular weight is 421 g/mol. The zero-order valence-electron chi connectivity index (χ0n) is 16.8. The van der Waals surface area contributed by atoms with Crippen molar-refractivity contribution in [2.24, 2.45) is 0 Å². The van der Waals surface area contributed by atoms with E-state index in [-0.39, 0.29) is 11.3 Å². The second kappa shape index (κ2) is 8.58. The Morgan fingerprint density at radius 2 is 1.40 bits per heavy atom. The summed E-state index contributed by atoms with van der Waals surface area (Å²) in [5.41, 5.74) is 2.63. The van der Waals surface area contributed by atoms with E-state index in [1.54, 1.807) is 0 Å². The van der Waals surface area contributed by atoms with E-state index in [2.05, 4.69) is 90.7 Å². The molecule has 0 spiro atoms. The van der Waals surface area contributed by atoms with Crippen LogP contribution in [-0.2, 0) is 0 Å². The molecule has 0 amide bonds. The van der Waals surface area contributed by atoms with Crippen molar-refractivity contribution in [2.45, 2.75) is 24.9 Å². The van der Waals surface area contributed by atoms with Crippen LogP contribution in [-0.4, -0.2) is 52.1 Å². The highest BCUT2D eigenvalue weighted by Crippen LogP contribution is 2.30. The third-order valence-corrected chi connectivity index (χ3v) is 5.87. The molecule has 1 saturated carbocycles. The van der Waals surface area contributed by atoms with Crippen LogP contribution >= 0.6 is 11.6 Å². The molecule has 1 aliphatic heterocycles. The minimum Gasteiger partial charge on any atom is -0.351 e.